The zero-order chi connectivity index (χ0) is 17.1. The summed E-state index contributed by atoms with van der Waals surface area (Å²) >= 11 is 0. The molecule has 1 aliphatic carbocycles. The number of carbonyl (C=O) groups is 1. The second-order valence-corrected chi connectivity index (χ2v) is 7.13. The number of amides is 1. The van der Waals surface area contributed by atoms with E-state index in [0.29, 0.717) is 6.04 Å². The Morgan fingerprint density at radius 1 is 1.00 bits per heavy atom. The molecule has 4 nitrogen and oxygen atoms in total. The van der Waals surface area contributed by atoms with Gasteiger partial charge in [-0.05, 0) is 62.3 Å². The van der Waals surface area contributed by atoms with Crippen molar-refractivity contribution in [2.45, 2.75) is 50.6 Å². The molecule has 0 radical (unpaired) electrons. The van der Waals surface area contributed by atoms with Crippen molar-refractivity contribution in [2.75, 3.05) is 11.9 Å². The monoisotopic (exact) mass is 335 g/mol. The van der Waals surface area contributed by atoms with Crippen LogP contribution < -0.4 is 5.32 Å². The number of pyridine rings is 1. The van der Waals surface area contributed by atoms with Crippen molar-refractivity contribution in [3.8, 4) is 0 Å². The zero-order valence-corrected chi connectivity index (χ0v) is 14.5. The first-order chi connectivity index (χ1) is 12.3. The van der Waals surface area contributed by atoms with E-state index in [1.54, 1.807) is 0 Å². The standard InChI is InChI=1S/C21H25N3O/c25-21(16-7-2-1-3-8-16)24-14-5-4-11-19(24)17-12-13-20(22-15-17)23-18-9-6-10-18/h1-3,7-8,12-13,15,18-19H,4-6,9-11,14H2,(H,22,23). The highest BCUT2D eigenvalue weighted by molar-refractivity contribution is 5.94. The molecule has 25 heavy (non-hydrogen) atoms. The van der Waals surface area contributed by atoms with Crippen LogP contribution in [0.5, 0.6) is 0 Å². The second-order valence-electron chi connectivity index (χ2n) is 7.13. The third kappa shape index (κ3) is 3.53. The van der Waals surface area contributed by atoms with Gasteiger partial charge < -0.3 is 10.2 Å². The summed E-state index contributed by atoms with van der Waals surface area (Å²) in [4.78, 5) is 19.6. The lowest BCUT2D eigenvalue weighted by Gasteiger charge is -2.36. The predicted molar refractivity (Wildman–Crippen MR) is 99.6 cm³/mol. The van der Waals surface area contributed by atoms with E-state index in [1.165, 1.54) is 19.3 Å². The molecule has 1 aromatic heterocycles. The number of likely N-dealkylation sites (tertiary alicyclic amines) is 1. The van der Waals surface area contributed by atoms with Crippen molar-refractivity contribution in [1.82, 2.24) is 9.88 Å². The van der Waals surface area contributed by atoms with Gasteiger partial charge in [-0.2, -0.15) is 0 Å². The van der Waals surface area contributed by atoms with Crippen LogP contribution in [0, 0.1) is 0 Å². The smallest absolute Gasteiger partial charge is 0.254 e. The molecule has 1 unspecified atom stereocenters. The fraction of sp³-hybridized carbons (Fsp3) is 0.429. The number of piperidine rings is 1. The first kappa shape index (κ1) is 16.1. The van der Waals surface area contributed by atoms with Crippen LogP contribution in [0.2, 0.25) is 0 Å². The molecule has 1 saturated carbocycles. The minimum Gasteiger partial charge on any atom is -0.367 e. The SMILES string of the molecule is O=C(c1ccccc1)N1CCCCC1c1ccc(NC2CCC2)nc1. The minimum absolute atomic E-state index is 0.127. The number of benzene rings is 1. The average molecular weight is 335 g/mol. The third-order valence-corrected chi connectivity index (χ3v) is 5.41. The van der Waals surface area contributed by atoms with Crippen molar-refractivity contribution in [1.29, 1.82) is 0 Å². The van der Waals surface area contributed by atoms with Gasteiger partial charge in [0.2, 0.25) is 0 Å². The van der Waals surface area contributed by atoms with Crippen molar-refractivity contribution >= 4 is 11.7 Å². The van der Waals surface area contributed by atoms with E-state index in [9.17, 15) is 4.79 Å². The molecule has 130 valence electrons. The molecular formula is C21H25N3O. The summed E-state index contributed by atoms with van der Waals surface area (Å²) in [6, 6.07) is 14.5. The van der Waals surface area contributed by atoms with Gasteiger partial charge in [0.25, 0.3) is 5.91 Å². The topological polar surface area (TPSA) is 45.2 Å². The van der Waals surface area contributed by atoms with E-state index in [2.05, 4.69) is 22.4 Å². The highest BCUT2D eigenvalue weighted by Gasteiger charge is 2.29. The number of carbonyl (C=O) groups excluding carboxylic acids is 1. The van der Waals surface area contributed by atoms with E-state index in [1.807, 2.05) is 41.4 Å². The minimum atomic E-state index is 0.127. The van der Waals surface area contributed by atoms with E-state index < -0.39 is 0 Å². The van der Waals surface area contributed by atoms with Gasteiger partial charge in [-0.1, -0.05) is 24.3 Å². The molecule has 1 N–H and O–H groups in total. The molecule has 4 heteroatoms. The highest BCUT2D eigenvalue weighted by atomic mass is 16.2. The third-order valence-electron chi connectivity index (χ3n) is 5.41. The Labute approximate surface area is 149 Å². The Kier molecular flexibility index (Phi) is 4.68. The Morgan fingerprint density at radius 3 is 2.52 bits per heavy atom. The highest BCUT2D eigenvalue weighted by Crippen LogP contribution is 2.32. The zero-order valence-electron chi connectivity index (χ0n) is 14.5. The van der Waals surface area contributed by atoms with Crippen LogP contribution in [0.15, 0.2) is 48.7 Å². The molecular weight excluding hydrogens is 310 g/mol. The van der Waals surface area contributed by atoms with E-state index in [4.69, 9.17) is 0 Å². The van der Waals surface area contributed by atoms with E-state index in [0.717, 1.165) is 42.8 Å². The Hall–Kier alpha value is -2.36. The molecule has 1 aliphatic heterocycles. The molecule has 2 aliphatic rings. The lowest BCUT2D eigenvalue weighted by molar-refractivity contribution is 0.0611. The van der Waals surface area contributed by atoms with Crippen LogP contribution in [-0.2, 0) is 0 Å². The van der Waals surface area contributed by atoms with Gasteiger partial charge in [-0.25, -0.2) is 4.98 Å². The lowest BCUT2D eigenvalue weighted by Crippen LogP contribution is -2.38. The van der Waals surface area contributed by atoms with E-state index >= 15 is 0 Å². The largest absolute Gasteiger partial charge is 0.367 e. The number of nitrogens with zero attached hydrogens (tertiary/aromatic N) is 2. The average Bonchev–Trinajstić information content (AvgIpc) is 2.65. The van der Waals surface area contributed by atoms with E-state index in [-0.39, 0.29) is 11.9 Å². The molecule has 1 amide bonds. The molecule has 0 spiro atoms. The summed E-state index contributed by atoms with van der Waals surface area (Å²) in [5.74, 6) is 1.08. The summed E-state index contributed by atoms with van der Waals surface area (Å²) in [5.41, 5.74) is 1.91. The maximum Gasteiger partial charge on any atom is 0.254 e. The molecule has 2 fully saturated rings. The Balaban J connectivity index is 1.51. The van der Waals surface area contributed by atoms with Crippen molar-refractivity contribution in [3.63, 3.8) is 0 Å². The van der Waals surface area contributed by atoms with Gasteiger partial charge in [-0.3, -0.25) is 4.79 Å². The Bertz CT molecular complexity index is 710. The van der Waals surface area contributed by atoms with Crippen LogP contribution in [0.1, 0.15) is 60.5 Å². The molecule has 2 aromatic rings. The molecule has 1 saturated heterocycles. The summed E-state index contributed by atoms with van der Waals surface area (Å²) in [5, 5.41) is 3.48. The number of hydrogen-bond donors (Lipinski definition) is 1. The van der Waals surface area contributed by atoms with Crippen LogP contribution in [0.25, 0.3) is 0 Å². The fourth-order valence-electron chi connectivity index (χ4n) is 3.72. The normalized spacial score (nSPS) is 20.8. The van der Waals surface area contributed by atoms with Crippen LogP contribution in [-0.4, -0.2) is 28.4 Å². The summed E-state index contributed by atoms with van der Waals surface area (Å²) < 4.78 is 0. The number of rotatable bonds is 4. The summed E-state index contributed by atoms with van der Waals surface area (Å²) in [7, 11) is 0. The van der Waals surface area contributed by atoms with Crippen LogP contribution in [0.3, 0.4) is 0 Å². The number of anilines is 1. The first-order valence-corrected chi connectivity index (χ1v) is 9.40. The molecule has 1 aromatic carbocycles. The molecule has 4 rings (SSSR count). The molecule has 1 atom stereocenters. The maximum absolute atomic E-state index is 12.9. The van der Waals surface area contributed by atoms with Crippen LogP contribution in [0.4, 0.5) is 5.82 Å². The number of hydrogen-bond acceptors (Lipinski definition) is 3. The molecule has 0 bridgehead atoms. The van der Waals surface area contributed by atoms with Crippen molar-refractivity contribution in [2.24, 2.45) is 0 Å². The van der Waals surface area contributed by atoms with Gasteiger partial charge in [0.1, 0.15) is 5.82 Å². The fourth-order valence-corrected chi connectivity index (χ4v) is 3.72. The van der Waals surface area contributed by atoms with Gasteiger partial charge in [0, 0.05) is 24.3 Å². The molecule has 2 heterocycles. The van der Waals surface area contributed by atoms with Crippen molar-refractivity contribution in [3.05, 3.63) is 59.8 Å². The van der Waals surface area contributed by atoms with Gasteiger partial charge >= 0.3 is 0 Å². The first-order valence-electron chi connectivity index (χ1n) is 9.40. The summed E-state index contributed by atoms with van der Waals surface area (Å²) in [6.07, 6.45) is 8.98. The maximum atomic E-state index is 12.9. The van der Waals surface area contributed by atoms with Gasteiger partial charge in [0.05, 0.1) is 6.04 Å². The van der Waals surface area contributed by atoms with Crippen LogP contribution >= 0.6 is 0 Å². The lowest BCUT2D eigenvalue weighted by atomic mass is 9.93. The quantitative estimate of drug-likeness (QED) is 0.900. The van der Waals surface area contributed by atoms with Gasteiger partial charge in [-0.15, -0.1) is 0 Å². The van der Waals surface area contributed by atoms with Crippen molar-refractivity contribution < 1.29 is 4.79 Å². The second kappa shape index (κ2) is 7.26. The number of nitrogens with one attached hydrogen (secondary N) is 1. The Morgan fingerprint density at radius 2 is 1.84 bits per heavy atom. The summed E-state index contributed by atoms with van der Waals surface area (Å²) in [6.45, 7) is 0.820. The predicted octanol–water partition coefficient (Wildman–Crippen LogP) is 4.41. The number of aromatic nitrogens is 1. The van der Waals surface area contributed by atoms with Gasteiger partial charge in [0.15, 0.2) is 0 Å².